The molecule has 0 aromatic heterocycles. The summed E-state index contributed by atoms with van der Waals surface area (Å²) in [5.74, 6) is -4.70. The molecule has 2 rings (SSSR count). The largest absolute Gasteiger partial charge is 0.508 e. The third-order valence-corrected chi connectivity index (χ3v) is 5.24. The van der Waals surface area contributed by atoms with Gasteiger partial charge in [-0.1, -0.05) is 24.3 Å². The lowest BCUT2D eigenvalue weighted by atomic mass is 10.1. The molecule has 0 spiro atoms. The summed E-state index contributed by atoms with van der Waals surface area (Å²) < 4.78 is 0. The quantitative estimate of drug-likeness (QED) is 0.200. The molecule has 0 bridgehead atoms. The minimum atomic E-state index is -1.15. The van der Waals surface area contributed by atoms with E-state index in [-0.39, 0.29) is 50.5 Å². The highest BCUT2D eigenvalue weighted by atomic mass is 16.4. The van der Waals surface area contributed by atoms with Gasteiger partial charge in [0.25, 0.3) is 0 Å². The Bertz CT molecular complexity index is 1030. The highest BCUT2D eigenvalue weighted by Gasteiger charge is 2.18. The van der Waals surface area contributed by atoms with Gasteiger partial charge in [0.05, 0.1) is 25.9 Å². The maximum absolute atomic E-state index is 11.4. The van der Waals surface area contributed by atoms with Crippen LogP contribution in [0.3, 0.4) is 0 Å². The van der Waals surface area contributed by atoms with Gasteiger partial charge in [-0.25, -0.2) is 0 Å². The lowest BCUT2D eigenvalue weighted by Gasteiger charge is -2.26. The molecule has 0 saturated heterocycles. The Morgan fingerprint density at radius 2 is 0.944 bits per heavy atom. The van der Waals surface area contributed by atoms with Crippen LogP contribution in [0.5, 0.6) is 11.5 Å². The van der Waals surface area contributed by atoms with E-state index in [9.17, 15) is 39.6 Å². The summed E-state index contributed by atoms with van der Waals surface area (Å²) >= 11 is 0. The molecule has 0 amide bonds. The number of carboxylic acid groups (broad SMARTS) is 4. The summed E-state index contributed by atoms with van der Waals surface area (Å²) in [5, 5.41) is 57.0. The zero-order valence-corrected chi connectivity index (χ0v) is 19.3. The highest BCUT2D eigenvalue weighted by molar-refractivity contribution is 5.71. The van der Waals surface area contributed by atoms with E-state index in [1.54, 1.807) is 0 Å². The number of rotatable bonds is 15. The summed E-state index contributed by atoms with van der Waals surface area (Å²) in [6, 6.07) is 8.51. The average molecular weight is 504 g/mol. The molecule has 0 heterocycles. The van der Waals surface area contributed by atoms with Crippen molar-refractivity contribution < 1.29 is 49.8 Å². The van der Waals surface area contributed by atoms with Gasteiger partial charge in [-0.15, -0.1) is 0 Å². The number of carbonyl (C=O) groups is 4. The second-order valence-electron chi connectivity index (χ2n) is 8.28. The fourth-order valence-electron chi connectivity index (χ4n) is 3.68. The first-order valence-electron chi connectivity index (χ1n) is 10.9. The molecule has 2 aromatic rings. The summed E-state index contributed by atoms with van der Waals surface area (Å²) in [4.78, 5) is 47.7. The smallest absolute Gasteiger partial charge is 0.317 e. The van der Waals surface area contributed by atoms with Crippen LogP contribution >= 0.6 is 0 Å². The Labute approximate surface area is 206 Å². The monoisotopic (exact) mass is 504 g/mol. The van der Waals surface area contributed by atoms with Crippen molar-refractivity contribution in [2.24, 2.45) is 0 Å². The van der Waals surface area contributed by atoms with Crippen molar-refractivity contribution in [2.45, 2.75) is 25.9 Å². The van der Waals surface area contributed by atoms with Crippen LogP contribution in [0.25, 0.3) is 0 Å². The molecule has 0 aliphatic rings. The van der Waals surface area contributed by atoms with Crippen molar-refractivity contribution in [2.75, 3.05) is 26.2 Å². The van der Waals surface area contributed by atoms with E-state index in [0.29, 0.717) is 22.3 Å². The van der Waals surface area contributed by atoms with E-state index in [4.69, 9.17) is 10.2 Å². The number of benzene rings is 2. The second kappa shape index (κ2) is 13.1. The number of phenolic OH excluding ortho intramolecular Hbond substituents is 2. The van der Waals surface area contributed by atoms with Gasteiger partial charge in [0.2, 0.25) is 0 Å². The normalized spacial score (nSPS) is 11.1. The average Bonchev–Trinajstić information content (AvgIpc) is 2.75. The fourth-order valence-corrected chi connectivity index (χ4v) is 3.68. The standard InChI is InChI=1S/C24H28N2O10/c27-19-3-1-15(9-21(29)30)7-17(19)11-25(13-23(33)34)5-6-26(14-24(35)36)12-18-8-16(10-22(31)32)2-4-20(18)28/h1-4,7-8,27-28H,5-6,9-14H2,(H,29,30)(H,31,32)(H,33,34)(H,35,36). The van der Waals surface area contributed by atoms with Gasteiger partial charge in [-0.05, 0) is 23.3 Å². The molecule has 2 aromatic carbocycles. The SMILES string of the molecule is O=C(O)Cc1ccc(O)c(CN(CCN(CC(=O)O)Cc2cc(CC(=O)O)ccc2O)CC(=O)O)c1. The van der Waals surface area contributed by atoms with Gasteiger partial charge < -0.3 is 30.6 Å². The van der Waals surface area contributed by atoms with Crippen LogP contribution in [-0.4, -0.2) is 90.5 Å². The lowest BCUT2D eigenvalue weighted by molar-refractivity contribution is -0.140. The van der Waals surface area contributed by atoms with Crippen LogP contribution < -0.4 is 0 Å². The Balaban J connectivity index is 2.19. The van der Waals surface area contributed by atoms with Crippen molar-refractivity contribution in [3.63, 3.8) is 0 Å². The fraction of sp³-hybridized carbons (Fsp3) is 0.333. The maximum Gasteiger partial charge on any atom is 0.317 e. The molecule has 0 saturated carbocycles. The number of hydrogen-bond donors (Lipinski definition) is 6. The third-order valence-electron chi connectivity index (χ3n) is 5.24. The Kier molecular flexibility index (Phi) is 10.2. The molecule has 0 atom stereocenters. The number of phenols is 2. The number of aromatic hydroxyl groups is 2. The zero-order valence-electron chi connectivity index (χ0n) is 19.3. The number of carboxylic acids is 4. The van der Waals surface area contributed by atoms with Crippen molar-refractivity contribution in [1.82, 2.24) is 9.80 Å². The molecule has 36 heavy (non-hydrogen) atoms. The molecule has 0 unspecified atom stereocenters. The first-order valence-corrected chi connectivity index (χ1v) is 10.9. The molecule has 12 heteroatoms. The molecule has 6 N–H and O–H groups in total. The van der Waals surface area contributed by atoms with Crippen molar-refractivity contribution in [3.8, 4) is 11.5 Å². The van der Waals surface area contributed by atoms with Crippen LogP contribution in [0.1, 0.15) is 22.3 Å². The Hall–Kier alpha value is -4.16. The maximum atomic E-state index is 11.4. The Morgan fingerprint density at radius 1 is 0.583 bits per heavy atom. The van der Waals surface area contributed by atoms with E-state index in [1.807, 2.05) is 0 Å². The second-order valence-corrected chi connectivity index (χ2v) is 8.28. The van der Waals surface area contributed by atoms with Crippen LogP contribution in [0.2, 0.25) is 0 Å². The molecule has 0 aliphatic carbocycles. The number of hydrogen-bond acceptors (Lipinski definition) is 8. The number of aliphatic carboxylic acids is 4. The lowest BCUT2D eigenvalue weighted by Crippen LogP contribution is -2.39. The van der Waals surface area contributed by atoms with E-state index in [2.05, 4.69) is 0 Å². The van der Waals surface area contributed by atoms with E-state index >= 15 is 0 Å². The molecular weight excluding hydrogens is 476 g/mol. The van der Waals surface area contributed by atoms with Gasteiger partial charge in [0.15, 0.2) is 0 Å². The van der Waals surface area contributed by atoms with Crippen molar-refractivity contribution >= 4 is 23.9 Å². The van der Waals surface area contributed by atoms with E-state index < -0.39 is 37.0 Å². The zero-order chi connectivity index (χ0) is 26.8. The van der Waals surface area contributed by atoms with Crippen LogP contribution in [0.4, 0.5) is 0 Å². The predicted molar refractivity (Wildman–Crippen MR) is 125 cm³/mol. The van der Waals surface area contributed by atoms with Gasteiger partial charge in [-0.3, -0.25) is 29.0 Å². The first kappa shape index (κ1) is 28.1. The molecule has 12 nitrogen and oxygen atoms in total. The topological polar surface area (TPSA) is 196 Å². The van der Waals surface area contributed by atoms with Crippen LogP contribution in [0, 0.1) is 0 Å². The van der Waals surface area contributed by atoms with Crippen LogP contribution in [0.15, 0.2) is 36.4 Å². The van der Waals surface area contributed by atoms with E-state index in [0.717, 1.165) is 0 Å². The van der Waals surface area contributed by atoms with Gasteiger partial charge in [0.1, 0.15) is 11.5 Å². The summed E-state index contributed by atoms with van der Waals surface area (Å²) in [6.45, 7) is -0.793. The summed E-state index contributed by atoms with van der Waals surface area (Å²) in [5.41, 5.74) is 1.49. The first-order chi connectivity index (χ1) is 16.9. The highest BCUT2D eigenvalue weighted by Crippen LogP contribution is 2.22. The molecule has 0 aliphatic heterocycles. The summed E-state index contributed by atoms with van der Waals surface area (Å²) in [7, 11) is 0. The van der Waals surface area contributed by atoms with Gasteiger partial charge >= 0.3 is 23.9 Å². The predicted octanol–water partition coefficient (Wildman–Crippen LogP) is 0.825. The van der Waals surface area contributed by atoms with E-state index in [1.165, 1.54) is 46.2 Å². The minimum Gasteiger partial charge on any atom is -0.508 e. The molecular formula is C24H28N2O10. The molecule has 194 valence electrons. The van der Waals surface area contributed by atoms with Gasteiger partial charge in [-0.2, -0.15) is 0 Å². The van der Waals surface area contributed by atoms with Crippen molar-refractivity contribution in [3.05, 3.63) is 58.7 Å². The minimum absolute atomic E-state index is 0.0359. The van der Waals surface area contributed by atoms with Crippen LogP contribution in [-0.2, 0) is 45.1 Å². The molecule has 0 radical (unpaired) electrons. The Morgan fingerprint density at radius 3 is 1.25 bits per heavy atom. The third kappa shape index (κ3) is 9.60. The van der Waals surface area contributed by atoms with Gasteiger partial charge in [0, 0.05) is 37.3 Å². The number of nitrogens with zero attached hydrogens (tertiary/aromatic N) is 2. The molecule has 0 fully saturated rings. The summed E-state index contributed by atoms with van der Waals surface area (Å²) in [6.07, 6.45) is -0.550. The van der Waals surface area contributed by atoms with Crippen molar-refractivity contribution in [1.29, 1.82) is 0 Å².